The van der Waals surface area contributed by atoms with Crippen LogP contribution in [0.15, 0.2) is 60.3 Å². The molecule has 1 N–H and O–H groups in total. The molecule has 122 valence electrons. The molecule has 1 aliphatic rings. The van der Waals surface area contributed by atoms with Gasteiger partial charge >= 0.3 is 6.03 Å². The summed E-state index contributed by atoms with van der Waals surface area (Å²) in [5.74, 6) is 0.339. The molecule has 24 heavy (non-hydrogen) atoms. The first kappa shape index (κ1) is 15.8. The van der Waals surface area contributed by atoms with Crippen molar-refractivity contribution in [1.82, 2.24) is 10.2 Å². The molecule has 1 fully saturated rings. The number of urea groups is 1. The van der Waals surface area contributed by atoms with Crippen LogP contribution in [0.5, 0.6) is 5.75 Å². The Morgan fingerprint density at radius 3 is 2.46 bits per heavy atom. The minimum absolute atomic E-state index is 0.262. The fourth-order valence-electron chi connectivity index (χ4n) is 2.48. The van der Waals surface area contributed by atoms with Crippen molar-refractivity contribution in [2.24, 2.45) is 0 Å². The van der Waals surface area contributed by atoms with Crippen LogP contribution in [0.4, 0.5) is 4.79 Å². The standard InChI is InChI=1S/C19H18N2O3/c1-2-21-18(22)16(20-19(21)23)12-15-10-6-7-11-17(15)24-13-14-8-4-3-5-9-14/h3-12H,2,13H2,1H3,(H,20,23)/b16-12+. The molecule has 1 saturated heterocycles. The summed E-state index contributed by atoms with van der Waals surface area (Å²) in [5, 5.41) is 2.60. The summed E-state index contributed by atoms with van der Waals surface area (Å²) < 4.78 is 5.87. The van der Waals surface area contributed by atoms with Gasteiger partial charge in [-0.05, 0) is 24.6 Å². The Hall–Kier alpha value is -3.08. The van der Waals surface area contributed by atoms with Crippen LogP contribution in [-0.4, -0.2) is 23.4 Å². The monoisotopic (exact) mass is 322 g/mol. The SMILES string of the molecule is CCN1C(=O)N/C(=C/c2ccccc2OCc2ccccc2)C1=O. The smallest absolute Gasteiger partial charge is 0.328 e. The molecule has 0 spiro atoms. The molecule has 2 aromatic rings. The van der Waals surface area contributed by atoms with Gasteiger partial charge < -0.3 is 10.1 Å². The molecular weight excluding hydrogens is 304 g/mol. The lowest BCUT2D eigenvalue weighted by molar-refractivity contribution is -0.122. The van der Waals surface area contributed by atoms with E-state index in [4.69, 9.17) is 4.74 Å². The highest BCUT2D eigenvalue weighted by molar-refractivity contribution is 6.14. The molecule has 1 heterocycles. The number of benzene rings is 2. The first-order valence-electron chi connectivity index (χ1n) is 7.79. The van der Waals surface area contributed by atoms with Crippen LogP contribution in [0.1, 0.15) is 18.1 Å². The van der Waals surface area contributed by atoms with E-state index in [1.807, 2.05) is 54.6 Å². The summed E-state index contributed by atoms with van der Waals surface area (Å²) in [4.78, 5) is 25.1. The largest absolute Gasteiger partial charge is 0.488 e. The number of hydrogen-bond donors (Lipinski definition) is 1. The molecule has 1 aliphatic heterocycles. The van der Waals surface area contributed by atoms with Crippen LogP contribution in [-0.2, 0) is 11.4 Å². The van der Waals surface area contributed by atoms with Gasteiger partial charge in [0.1, 0.15) is 18.1 Å². The van der Waals surface area contributed by atoms with Gasteiger partial charge in [-0.25, -0.2) is 4.79 Å². The summed E-state index contributed by atoms with van der Waals surface area (Å²) in [6, 6.07) is 16.9. The van der Waals surface area contributed by atoms with Gasteiger partial charge in [0, 0.05) is 12.1 Å². The number of imide groups is 1. The number of rotatable bonds is 5. The second-order valence-electron chi connectivity index (χ2n) is 5.35. The Bertz CT molecular complexity index is 784. The van der Waals surface area contributed by atoms with E-state index < -0.39 is 6.03 Å². The molecule has 0 atom stereocenters. The summed E-state index contributed by atoms with van der Waals surface area (Å²) in [6.45, 7) is 2.54. The molecular formula is C19H18N2O3. The van der Waals surface area contributed by atoms with Crippen LogP contribution < -0.4 is 10.1 Å². The second-order valence-corrected chi connectivity index (χ2v) is 5.35. The lowest BCUT2D eigenvalue weighted by atomic mass is 10.1. The van der Waals surface area contributed by atoms with Crippen molar-refractivity contribution >= 4 is 18.0 Å². The van der Waals surface area contributed by atoms with Gasteiger partial charge in [-0.3, -0.25) is 9.69 Å². The Balaban J connectivity index is 1.81. The Labute approximate surface area is 140 Å². The highest BCUT2D eigenvalue weighted by Crippen LogP contribution is 2.23. The van der Waals surface area contributed by atoms with Gasteiger partial charge in [0.2, 0.25) is 0 Å². The summed E-state index contributed by atoms with van der Waals surface area (Å²) >= 11 is 0. The highest BCUT2D eigenvalue weighted by Gasteiger charge is 2.32. The van der Waals surface area contributed by atoms with Gasteiger partial charge in [0.05, 0.1) is 0 Å². The zero-order valence-corrected chi connectivity index (χ0v) is 13.4. The Kier molecular flexibility index (Phi) is 4.61. The van der Waals surface area contributed by atoms with Gasteiger partial charge in [-0.15, -0.1) is 0 Å². The van der Waals surface area contributed by atoms with E-state index >= 15 is 0 Å². The number of carbonyl (C=O) groups is 2. The van der Waals surface area contributed by atoms with Gasteiger partial charge in [0.15, 0.2) is 0 Å². The molecule has 0 unspecified atom stereocenters. The van der Waals surface area contributed by atoms with Crippen molar-refractivity contribution in [3.8, 4) is 5.75 Å². The predicted octanol–water partition coefficient (Wildman–Crippen LogP) is 3.18. The molecule has 2 aromatic carbocycles. The quantitative estimate of drug-likeness (QED) is 0.679. The maximum absolute atomic E-state index is 12.2. The molecule has 0 radical (unpaired) electrons. The van der Waals surface area contributed by atoms with Gasteiger partial charge in [-0.1, -0.05) is 48.5 Å². The molecule has 0 bridgehead atoms. The number of nitrogens with one attached hydrogen (secondary N) is 1. The van der Waals surface area contributed by atoms with E-state index in [-0.39, 0.29) is 11.6 Å². The third kappa shape index (κ3) is 3.30. The lowest BCUT2D eigenvalue weighted by Gasteiger charge is -2.10. The fourth-order valence-corrected chi connectivity index (χ4v) is 2.48. The average molecular weight is 322 g/mol. The van der Waals surface area contributed by atoms with Crippen LogP contribution in [0.3, 0.4) is 0 Å². The molecule has 5 heteroatoms. The molecule has 0 aliphatic carbocycles. The topological polar surface area (TPSA) is 58.6 Å². The van der Waals surface area contributed by atoms with E-state index in [1.165, 1.54) is 4.90 Å². The molecule has 3 rings (SSSR count). The summed E-state index contributed by atoms with van der Waals surface area (Å²) in [7, 11) is 0. The van der Waals surface area contributed by atoms with Crippen molar-refractivity contribution in [1.29, 1.82) is 0 Å². The fraction of sp³-hybridized carbons (Fsp3) is 0.158. The third-order valence-electron chi connectivity index (χ3n) is 3.73. The minimum atomic E-state index is -0.392. The van der Waals surface area contributed by atoms with Gasteiger partial charge in [-0.2, -0.15) is 0 Å². The summed E-state index contributed by atoms with van der Waals surface area (Å²) in [5.41, 5.74) is 2.06. The molecule has 0 saturated carbocycles. The lowest BCUT2D eigenvalue weighted by Crippen LogP contribution is -2.30. The van der Waals surface area contributed by atoms with Crippen LogP contribution in [0.2, 0.25) is 0 Å². The van der Waals surface area contributed by atoms with Crippen molar-refractivity contribution < 1.29 is 14.3 Å². The second kappa shape index (κ2) is 7.00. The molecule has 5 nitrogen and oxygen atoms in total. The zero-order chi connectivity index (χ0) is 16.9. The number of carbonyl (C=O) groups excluding carboxylic acids is 2. The minimum Gasteiger partial charge on any atom is -0.488 e. The highest BCUT2D eigenvalue weighted by atomic mass is 16.5. The van der Waals surface area contributed by atoms with Crippen LogP contribution >= 0.6 is 0 Å². The van der Waals surface area contributed by atoms with E-state index in [1.54, 1.807) is 13.0 Å². The average Bonchev–Trinajstić information content (AvgIpc) is 2.88. The summed E-state index contributed by atoms with van der Waals surface area (Å²) in [6.07, 6.45) is 1.65. The Morgan fingerprint density at radius 1 is 1.04 bits per heavy atom. The number of nitrogens with zero attached hydrogens (tertiary/aromatic N) is 1. The maximum Gasteiger partial charge on any atom is 0.328 e. The predicted molar refractivity (Wildman–Crippen MR) is 91.1 cm³/mol. The maximum atomic E-state index is 12.2. The van der Waals surface area contributed by atoms with Gasteiger partial charge in [0.25, 0.3) is 5.91 Å². The zero-order valence-electron chi connectivity index (χ0n) is 13.4. The number of likely N-dealkylation sites (N-methyl/N-ethyl adjacent to an activating group) is 1. The number of para-hydroxylation sites is 1. The van der Waals surface area contributed by atoms with Crippen LogP contribution in [0.25, 0.3) is 6.08 Å². The molecule has 0 aromatic heterocycles. The Morgan fingerprint density at radius 2 is 1.75 bits per heavy atom. The normalized spacial score (nSPS) is 15.7. The van der Waals surface area contributed by atoms with Crippen molar-refractivity contribution in [3.05, 3.63) is 71.4 Å². The first-order valence-corrected chi connectivity index (χ1v) is 7.79. The molecule has 3 amide bonds. The third-order valence-corrected chi connectivity index (χ3v) is 3.73. The number of hydrogen-bond acceptors (Lipinski definition) is 3. The first-order chi connectivity index (χ1) is 11.7. The van der Waals surface area contributed by atoms with Crippen LogP contribution in [0, 0.1) is 0 Å². The van der Waals surface area contributed by atoms with E-state index in [0.717, 1.165) is 11.1 Å². The van der Waals surface area contributed by atoms with Crippen molar-refractivity contribution in [3.63, 3.8) is 0 Å². The number of ether oxygens (including phenoxy) is 1. The van der Waals surface area contributed by atoms with Crippen molar-refractivity contribution in [2.75, 3.05) is 6.54 Å². The van der Waals surface area contributed by atoms with E-state index in [0.29, 0.717) is 18.9 Å². The van der Waals surface area contributed by atoms with E-state index in [9.17, 15) is 9.59 Å². The van der Waals surface area contributed by atoms with Crippen molar-refractivity contribution in [2.45, 2.75) is 13.5 Å². The number of amides is 3. The van der Waals surface area contributed by atoms with E-state index in [2.05, 4.69) is 5.32 Å².